The summed E-state index contributed by atoms with van der Waals surface area (Å²) in [5, 5.41) is 0. The predicted molar refractivity (Wildman–Crippen MR) is 86.6 cm³/mol. The Balaban J connectivity index is 2.02. The average molecular weight is 329 g/mol. The van der Waals surface area contributed by atoms with Gasteiger partial charge in [-0.1, -0.05) is 13.8 Å². The van der Waals surface area contributed by atoms with Crippen LogP contribution in [0.1, 0.15) is 32.1 Å². The summed E-state index contributed by atoms with van der Waals surface area (Å²) in [5.41, 5.74) is 0. The summed E-state index contributed by atoms with van der Waals surface area (Å²) < 4.78 is 34.8. The Morgan fingerprint density at radius 2 is 2.00 bits per heavy atom. The molecule has 1 aliphatic rings. The maximum Gasteiger partial charge on any atom is 0.279 e. The van der Waals surface area contributed by atoms with Crippen molar-refractivity contribution in [2.24, 2.45) is 11.8 Å². The van der Waals surface area contributed by atoms with Crippen LogP contribution in [-0.4, -0.2) is 51.4 Å². The van der Waals surface area contributed by atoms with E-state index >= 15 is 0 Å². The number of hydrogen-bond acceptors (Lipinski definition) is 4. The van der Waals surface area contributed by atoms with Crippen LogP contribution in [0.25, 0.3) is 0 Å². The lowest BCUT2D eigenvalue weighted by Gasteiger charge is -2.34. The first kappa shape index (κ1) is 17.5. The molecule has 0 spiro atoms. The van der Waals surface area contributed by atoms with Crippen LogP contribution < -0.4 is 4.72 Å². The molecule has 0 radical (unpaired) electrons. The largest absolute Gasteiger partial charge is 0.468 e. The summed E-state index contributed by atoms with van der Waals surface area (Å²) in [5.74, 6) is 1.55. The zero-order valence-electron chi connectivity index (χ0n) is 13.8. The molecule has 0 aromatic carbocycles. The Kier molecular flexibility index (Phi) is 5.65. The van der Waals surface area contributed by atoms with Crippen LogP contribution in [0.3, 0.4) is 0 Å². The third-order valence-electron chi connectivity index (χ3n) is 4.13. The molecular weight excluding hydrogens is 302 g/mol. The van der Waals surface area contributed by atoms with Crippen molar-refractivity contribution in [1.29, 1.82) is 0 Å². The number of rotatable bonds is 6. The zero-order valence-corrected chi connectivity index (χ0v) is 14.6. The van der Waals surface area contributed by atoms with Crippen molar-refractivity contribution < 1.29 is 12.8 Å². The molecule has 1 aromatic heterocycles. The van der Waals surface area contributed by atoms with Crippen molar-refractivity contribution in [3.8, 4) is 0 Å². The van der Waals surface area contributed by atoms with E-state index in [9.17, 15) is 8.42 Å². The molecular formula is C15H27N3O3S. The van der Waals surface area contributed by atoms with E-state index in [1.165, 1.54) is 0 Å². The van der Waals surface area contributed by atoms with Crippen molar-refractivity contribution in [2.45, 2.75) is 26.3 Å². The van der Waals surface area contributed by atoms with Crippen LogP contribution in [0.4, 0.5) is 0 Å². The van der Waals surface area contributed by atoms with Crippen LogP contribution in [0.15, 0.2) is 22.8 Å². The summed E-state index contributed by atoms with van der Waals surface area (Å²) in [4.78, 5) is 1.95. The molecule has 2 rings (SSSR count). The molecule has 7 heteroatoms. The minimum atomic E-state index is -3.45. The number of likely N-dealkylation sites (N-methyl/N-ethyl adjacent to an activating group) is 1. The van der Waals surface area contributed by atoms with Gasteiger partial charge >= 0.3 is 0 Å². The molecule has 0 aliphatic carbocycles. The lowest BCUT2D eigenvalue weighted by atomic mass is 9.94. The van der Waals surface area contributed by atoms with Gasteiger partial charge < -0.3 is 4.42 Å². The summed E-state index contributed by atoms with van der Waals surface area (Å²) in [7, 11) is 0.365. The number of nitrogens with zero attached hydrogens (tertiary/aromatic N) is 2. The molecule has 1 N–H and O–H groups in total. The van der Waals surface area contributed by atoms with E-state index in [1.807, 2.05) is 31.1 Å². The van der Waals surface area contributed by atoms with Gasteiger partial charge in [-0.3, -0.25) is 4.90 Å². The monoisotopic (exact) mass is 329 g/mol. The molecule has 6 nitrogen and oxygen atoms in total. The quantitative estimate of drug-likeness (QED) is 0.862. The van der Waals surface area contributed by atoms with E-state index in [-0.39, 0.29) is 6.04 Å². The van der Waals surface area contributed by atoms with Crippen LogP contribution in [0.5, 0.6) is 0 Å². The molecule has 126 valence electrons. The summed E-state index contributed by atoms with van der Waals surface area (Å²) >= 11 is 0. The van der Waals surface area contributed by atoms with Gasteiger partial charge in [0.05, 0.1) is 12.3 Å². The predicted octanol–water partition coefficient (Wildman–Crippen LogP) is 1.69. The van der Waals surface area contributed by atoms with E-state index in [0.29, 0.717) is 31.5 Å². The number of furan rings is 1. The Morgan fingerprint density at radius 1 is 1.36 bits per heavy atom. The second-order valence-corrected chi connectivity index (χ2v) is 8.37. The second-order valence-electron chi connectivity index (χ2n) is 6.61. The van der Waals surface area contributed by atoms with E-state index in [0.717, 1.165) is 12.2 Å². The molecule has 22 heavy (non-hydrogen) atoms. The maximum absolute atomic E-state index is 12.5. The van der Waals surface area contributed by atoms with Gasteiger partial charge in [0.1, 0.15) is 5.76 Å². The molecule has 3 atom stereocenters. The van der Waals surface area contributed by atoms with Crippen molar-refractivity contribution in [3.05, 3.63) is 24.2 Å². The second kappa shape index (κ2) is 7.12. The number of hydrogen-bond donors (Lipinski definition) is 1. The van der Waals surface area contributed by atoms with Crippen LogP contribution in [-0.2, 0) is 10.2 Å². The third kappa shape index (κ3) is 4.32. The van der Waals surface area contributed by atoms with Gasteiger partial charge in [0.2, 0.25) is 0 Å². The van der Waals surface area contributed by atoms with Gasteiger partial charge in [-0.2, -0.15) is 12.7 Å². The molecule has 1 aromatic rings. The molecule has 0 amide bonds. The Labute approximate surface area is 133 Å². The molecule has 1 fully saturated rings. The standard InChI is InChI=1S/C15H27N3O3S/c1-12-8-13(2)11-18(10-12)22(19,20)16-9-14(17(3)4)15-6-5-7-21-15/h5-7,12-14,16H,8-11H2,1-4H3. The highest BCUT2D eigenvalue weighted by atomic mass is 32.2. The fourth-order valence-corrected chi connectivity index (χ4v) is 4.55. The van der Waals surface area contributed by atoms with Gasteiger partial charge in [-0.25, -0.2) is 4.72 Å². The first-order valence-electron chi connectivity index (χ1n) is 7.74. The molecule has 1 saturated heterocycles. The van der Waals surface area contributed by atoms with E-state index < -0.39 is 10.2 Å². The van der Waals surface area contributed by atoms with Crippen molar-refractivity contribution >= 4 is 10.2 Å². The van der Waals surface area contributed by atoms with Crippen LogP contribution >= 0.6 is 0 Å². The van der Waals surface area contributed by atoms with Crippen LogP contribution in [0.2, 0.25) is 0 Å². The van der Waals surface area contributed by atoms with E-state index in [2.05, 4.69) is 18.6 Å². The van der Waals surface area contributed by atoms with Gasteiger partial charge in [-0.15, -0.1) is 0 Å². The molecule has 3 unspecified atom stereocenters. The highest BCUT2D eigenvalue weighted by Gasteiger charge is 2.31. The number of nitrogens with one attached hydrogen (secondary N) is 1. The van der Waals surface area contributed by atoms with Crippen molar-refractivity contribution in [3.63, 3.8) is 0 Å². The molecule has 0 saturated carbocycles. The Bertz CT molecular complexity index is 547. The lowest BCUT2D eigenvalue weighted by molar-refractivity contribution is 0.217. The van der Waals surface area contributed by atoms with Crippen LogP contribution in [0, 0.1) is 11.8 Å². The van der Waals surface area contributed by atoms with Crippen molar-refractivity contribution in [2.75, 3.05) is 33.7 Å². The van der Waals surface area contributed by atoms with Gasteiger partial charge in [0, 0.05) is 19.6 Å². The fraction of sp³-hybridized carbons (Fsp3) is 0.733. The van der Waals surface area contributed by atoms with Gasteiger partial charge in [-0.05, 0) is 44.5 Å². The highest BCUT2D eigenvalue weighted by molar-refractivity contribution is 7.87. The fourth-order valence-electron chi connectivity index (χ4n) is 3.10. The van der Waals surface area contributed by atoms with E-state index in [1.54, 1.807) is 10.6 Å². The summed E-state index contributed by atoms with van der Waals surface area (Å²) in [6, 6.07) is 3.56. The zero-order chi connectivity index (χ0) is 16.3. The van der Waals surface area contributed by atoms with Crippen molar-refractivity contribution in [1.82, 2.24) is 13.9 Å². The topological polar surface area (TPSA) is 65.8 Å². The molecule has 0 bridgehead atoms. The smallest absolute Gasteiger partial charge is 0.279 e. The van der Waals surface area contributed by atoms with Gasteiger partial charge in [0.15, 0.2) is 0 Å². The minimum absolute atomic E-state index is 0.121. The molecule has 1 aliphatic heterocycles. The third-order valence-corrected chi connectivity index (χ3v) is 5.64. The van der Waals surface area contributed by atoms with E-state index in [4.69, 9.17) is 4.42 Å². The Morgan fingerprint density at radius 3 is 2.50 bits per heavy atom. The highest BCUT2D eigenvalue weighted by Crippen LogP contribution is 2.23. The first-order valence-corrected chi connectivity index (χ1v) is 9.18. The molecule has 2 heterocycles. The number of piperidine rings is 1. The Hall–Kier alpha value is -0.890. The summed E-state index contributed by atoms with van der Waals surface area (Å²) in [6.45, 7) is 5.68. The average Bonchev–Trinajstić information content (AvgIpc) is 2.91. The van der Waals surface area contributed by atoms with Gasteiger partial charge in [0.25, 0.3) is 10.2 Å². The normalized spacial score (nSPS) is 25.5. The minimum Gasteiger partial charge on any atom is -0.468 e. The summed E-state index contributed by atoms with van der Waals surface area (Å²) in [6.07, 6.45) is 2.69. The SMILES string of the molecule is CC1CC(C)CN(S(=O)(=O)NCC(c2ccco2)N(C)C)C1. The first-order chi connectivity index (χ1) is 10.3. The maximum atomic E-state index is 12.5. The lowest BCUT2D eigenvalue weighted by Crippen LogP contribution is -2.49.